The quantitative estimate of drug-likeness (QED) is 0.386. The van der Waals surface area contributed by atoms with Crippen molar-refractivity contribution in [3.8, 4) is 0 Å². The maximum Gasteiger partial charge on any atom is 0.330 e. The summed E-state index contributed by atoms with van der Waals surface area (Å²) < 4.78 is 4.49. The van der Waals surface area contributed by atoms with Gasteiger partial charge in [0.05, 0.1) is 7.11 Å². The molecular formula is C7H9O2. The summed E-state index contributed by atoms with van der Waals surface area (Å²) in [4.78, 5) is 0. The van der Waals surface area contributed by atoms with Crippen molar-refractivity contribution in [3.63, 3.8) is 0 Å². The van der Waals surface area contributed by atoms with E-state index >= 15 is 0 Å². The molecule has 9 heavy (non-hydrogen) atoms. The van der Waals surface area contributed by atoms with Crippen LogP contribution < -0.4 is 0 Å². The van der Waals surface area contributed by atoms with Gasteiger partial charge in [-0.1, -0.05) is 12.2 Å². The first-order chi connectivity index (χ1) is 4.24. The number of hydrogen-bond donors (Lipinski definition) is 0. The summed E-state index contributed by atoms with van der Waals surface area (Å²) in [7, 11) is 1.40. The predicted molar refractivity (Wildman–Crippen MR) is 33.1 cm³/mol. The SMILES string of the molecule is C=C1CC(=C([O])OC)C1. The van der Waals surface area contributed by atoms with Gasteiger partial charge in [0.2, 0.25) is 0 Å². The van der Waals surface area contributed by atoms with E-state index in [-0.39, 0.29) is 5.95 Å². The van der Waals surface area contributed by atoms with E-state index in [9.17, 15) is 5.11 Å². The van der Waals surface area contributed by atoms with Crippen molar-refractivity contribution in [1.82, 2.24) is 0 Å². The van der Waals surface area contributed by atoms with Crippen LogP contribution in [-0.2, 0) is 9.84 Å². The molecule has 0 unspecified atom stereocenters. The topological polar surface area (TPSA) is 29.1 Å². The number of rotatable bonds is 1. The van der Waals surface area contributed by atoms with E-state index in [2.05, 4.69) is 11.3 Å². The summed E-state index contributed by atoms with van der Waals surface area (Å²) in [6.45, 7) is 3.70. The fourth-order valence-electron chi connectivity index (χ4n) is 0.840. The van der Waals surface area contributed by atoms with Gasteiger partial charge in [0.1, 0.15) is 0 Å². The van der Waals surface area contributed by atoms with Crippen LogP contribution in [-0.4, -0.2) is 7.11 Å². The van der Waals surface area contributed by atoms with Crippen molar-refractivity contribution in [3.05, 3.63) is 23.7 Å². The third kappa shape index (κ3) is 1.07. The molecule has 0 heterocycles. The molecule has 0 aromatic carbocycles. The largest absolute Gasteiger partial charge is 0.466 e. The van der Waals surface area contributed by atoms with Gasteiger partial charge < -0.3 is 4.74 Å². The number of allylic oxidation sites excluding steroid dienone is 2. The highest BCUT2D eigenvalue weighted by Crippen LogP contribution is 2.32. The zero-order valence-electron chi connectivity index (χ0n) is 5.44. The second-order valence-corrected chi connectivity index (χ2v) is 2.20. The predicted octanol–water partition coefficient (Wildman–Crippen LogP) is 1.62. The Balaban J connectivity index is 2.54. The summed E-state index contributed by atoms with van der Waals surface area (Å²) in [5.74, 6) is -0.178. The molecule has 0 N–H and O–H groups in total. The molecule has 0 atom stereocenters. The van der Waals surface area contributed by atoms with Gasteiger partial charge in [-0.15, -0.1) is 0 Å². The molecule has 1 aliphatic rings. The molecule has 1 aliphatic carbocycles. The van der Waals surface area contributed by atoms with E-state index in [4.69, 9.17) is 0 Å². The van der Waals surface area contributed by atoms with Gasteiger partial charge in [-0.25, -0.2) is 5.11 Å². The summed E-state index contributed by atoms with van der Waals surface area (Å²) >= 11 is 0. The van der Waals surface area contributed by atoms with E-state index in [1.54, 1.807) is 0 Å². The number of methoxy groups -OCH3 is 1. The van der Waals surface area contributed by atoms with Crippen LogP contribution >= 0.6 is 0 Å². The molecule has 0 aliphatic heterocycles. The minimum Gasteiger partial charge on any atom is -0.466 e. The summed E-state index contributed by atoms with van der Waals surface area (Å²) in [6.07, 6.45) is 1.49. The summed E-state index contributed by atoms with van der Waals surface area (Å²) in [5.41, 5.74) is 1.97. The molecule has 1 fully saturated rings. The monoisotopic (exact) mass is 125 g/mol. The lowest BCUT2D eigenvalue weighted by Gasteiger charge is -2.18. The Bertz CT molecular complexity index is 158. The molecule has 2 heteroatoms. The lowest BCUT2D eigenvalue weighted by Crippen LogP contribution is -2.05. The molecule has 49 valence electrons. The van der Waals surface area contributed by atoms with Crippen LogP contribution in [0, 0.1) is 0 Å². The van der Waals surface area contributed by atoms with Crippen molar-refractivity contribution in [2.75, 3.05) is 7.11 Å². The Labute approximate surface area is 54.5 Å². The highest BCUT2D eigenvalue weighted by atomic mass is 16.6. The smallest absolute Gasteiger partial charge is 0.330 e. The van der Waals surface area contributed by atoms with Crippen LogP contribution in [0.5, 0.6) is 0 Å². The van der Waals surface area contributed by atoms with Gasteiger partial charge >= 0.3 is 5.95 Å². The van der Waals surface area contributed by atoms with Crippen molar-refractivity contribution in [2.45, 2.75) is 12.8 Å². The molecule has 0 spiro atoms. The number of ether oxygens (including phenoxy) is 1. The summed E-state index contributed by atoms with van der Waals surface area (Å²) in [6, 6.07) is 0. The first-order valence-corrected chi connectivity index (χ1v) is 2.83. The highest BCUT2D eigenvalue weighted by molar-refractivity contribution is 5.29. The van der Waals surface area contributed by atoms with Crippen LogP contribution in [0.2, 0.25) is 0 Å². The van der Waals surface area contributed by atoms with E-state index in [1.807, 2.05) is 0 Å². The third-order valence-corrected chi connectivity index (χ3v) is 1.40. The first kappa shape index (κ1) is 6.20. The van der Waals surface area contributed by atoms with E-state index < -0.39 is 0 Å². The first-order valence-electron chi connectivity index (χ1n) is 2.83. The lowest BCUT2D eigenvalue weighted by atomic mass is 9.88. The average molecular weight is 125 g/mol. The average Bonchev–Trinajstić information content (AvgIpc) is 1.79. The van der Waals surface area contributed by atoms with Gasteiger partial charge in [0.25, 0.3) is 0 Å². The molecular weight excluding hydrogens is 116 g/mol. The van der Waals surface area contributed by atoms with Crippen molar-refractivity contribution in [2.24, 2.45) is 0 Å². The molecule has 0 amide bonds. The molecule has 1 saturated carbocycles. The fourth-order valence-corrected chi connectivity index (χ4v) is 0.840. The molecule has 2 nitrogen and oxygen atoms in total. The van der Waals surface area contributed by atoms with Crippen molar-refractivity contribution in [1.29, 1.82) is 0 Å². The Morgan fingerprint density at radius 1 is 1.67 bits per heavy atom. The summed E-state index contributed by atoms with van der Waals surface area (Å²) in [5, 5.41) is 10.6. The van der Waals surface area contributed by atoms with Crippen LogP contribution in [0.3, 0.4) is 0 Å². The van der Waals surface area contributed by atoms with Crippen molar-refractivity contribution < 1.29 is 9.84 Å². The molecule has 0 aromatic rings. The molecule has 0 bridgehead atoms. The van der Waals surface area contributed by atoms with Gasteiger partial charge in [-0.3, -0.25) is 0 Å². The normalized spacial score (nSPS) is 17.0. The van der Waals surface area contributed by atoms with E-state index in [1.165, 1.54) is 7.11 Å². The standard InChI is InChI=1S/C7H9O2/c1-5-3-6(4-5)7(8)9-2/h1,3-4H2,2H3. The highest BCUT2D eigenvalue weighted by Gasteiger charge is 2.19. The molecule has 1 rings (SSSR count). The third-order valence-electron chi connectivity index (χ3n) is 1.40. The Morgan fingerprint density at radius 3 is 2.56 bits per heavy atom. The number of hydrogen-bond acceptors (Lipinski definition) is 1. The second-order valence-electron chi connectivity index (χ2n) is 2.20. The van der Waals surface area contributed by atoms with Gasteiger partial charge in [-0.05, 0) is 12.8 Å². The van der Waals surface area contributed by atoms with Gasteiger partial charge in [0.15, 0.2) is 0 Å². The van der Waals surface area contributed by atoms with Gasteiger partial charge in [-0.2, -0.15) is 0 Å². The minimum atomic E-state index is -0.178. The Hall–Kier alpha value is -0.920. The molecule has 0 saturated heterocycles. The second kappa shape index (κ2) is 2.13. The van der Waals surface area contributed by atoms with Crippen LogP contribution in [0.25, 0.3) is 0 Å². The zero-order valence-corrected chi connectivity index (χ0v) is 5.44. The van der Waals surface area contributed by atoms with E-state index in [0.29, 0.717) is 0 Å². The van der Waals surface area contributed by atoms with Crippen LogP contribution in [0.4, 0.5) is 0 Å². The lowest BCUT2D eigenvalue weighted by molar-refractivity contribution is 0.0785. The maximum atomic E-state index is 10.6. The molecule has 1 radical (unpaired) electrons. The van der Waals surface area contributed by atoms with E-state index in [0.717, 1.165) is 24.0 Å². The minimum absolute atomic E-state index is 0.178. The van der Waals surface area contributed by atoms with Crippen LogP contribution in [0.1, 0.15) is 12.8 Å². The maximum absolute atomic E-state index is 10.6. The fraction of sp³-hybridized carbons (Fsp3) is 0.429. The Morgan fingerprint density at radius 2 is 2.22 bits per heavy atom. The van der Waals surface area contributed by atoms with Crippen molar-refractivity contribution >= 4 is 0 Å². The molecule has 0 aromatic heterocycles. The zero-order chi connectivity index (χ0) is 6.85. The van der Waals surface area contributed by atoms with Gasteiger partial charge in [0, 0.05) is 5.57 Å². The Kier molecular flexibility index (Phi) is 1.47. The van der Waals surface area contributed by atoms with Crippen LogP contribution in [0.15, 0.2) is 23.7 Å².